The predicted octanol–water partition coefficient (Wildman–Crippen LogP) is 2.99. The van der Waals surface area contributed by atoms with Gasteiger partial charge in [0.05, 0.1) is 4.91 Å². The molecular formula is C18H20N2O4S. The molecule has 3 rings (SSSR count). The van der Waals surface area contributed by atoms with Gasteiger partial charge in [0.2, 0.25) is 0 Å². The van der Waals surface area contributed by atoms with Gasteiger partial charge in [-0.25, -0.2) is 4.79 Å². The number of hydrogen-bond acceptors (Lipinski definition) is 5. The van der Waals surface area contributed by atoms with Crippen molar-refractivity contribution in [3.8, 4) is 5.75 Å². The summed E-state index contributed by atoms with van der Waals surface area (Å²) >= 11 is 1.40. The topological polar surface area (TPSA) is 79.2 Å². The van der Waals surface area contributed by atoms with Crippen molar-refractivity contribution in [2.75, 3.05) is 13.1 Å². The van der Waals surface area contributed by atoms with E-state index >= 15 is 0 Å². The lowest BCUT2D eigenvalue weighted by atomic mass is 10.1. The Morgan fingerprint density at radius 1 is 1.36 bits per heavy atom. The lowest BCUT2D eigenvalue weighted by Gasteiger charge is -2.27. The van der Waals surface area contributed by atoms with Crippen LogP contribution in [0, 0.1) is 0 Å². The number of hydrogen-bond donors (Lipinski definition) is 1. The van der Waals surface area contributed by atoms with E-state index in [4.69, 9.17) is 9.84 Å². The number of piperidine rings is 1. The molecule has 0 aliphatic carbocycles. The van der Waals surface area contributed by atoms with E-state index in [2.05, 4.69) is 9.89 Å². The van der Waals surface area contributed by atoms with E-state index in [1.54, 1.807) is 24.3 Å². The Bertz CT molecular complexity index is 738. The molecule has 0 aromatic heterocycles. The fraction of sp³-hybridized carbons (Fsp3) is 0.389. The number of aliphatic imine (C=N–C) groups is 1. The number of benzene rings is 1. The molecule has 1 aromatic carbocycles. The van der Waals surface area contributed by atoms with E-state index in [0.29, 0.717) is 10.7 Å². The van der Waals surface area contributed by atoms with Crippen LogP contribution in [-0.4, -0.2) is 46.2 Å². The van der Waals surface area contributed by atoms with Gasteiger partial charge in [0.1, 0.15) is 5.75 Å². The maximum absolute atomic E-state index is 12.2. The van der Waals surface area contributed by atoms with Gasteiger partial charge in [0.25, 0.3) is 5.91 Å². The summed E-state index contributed by atoms with van der Waals surface area (Å²) in [6.45, 7) is 3.37. The summed E-state index contributed by atoms with van der Waals surface area (Å²) < 4.78 is 5.37. The van der Waals surface area contributed by atoms with Gasteiger partial charge in [-0.1, -0.05) is 12.1 Å². The molecular weight excluding hydrogens is 340 g/mol. The van der Waals surface area contributed by atoms with Gasteiger partial charge >= 0.3 is 5.97 Å². The number of aliphatic carboxylic acids is 1. The van der Waals surface area contributed by atoms with Crippen LogP contribution in [0.15, 0.2) is 34.2 Å². The normalized spacial score (nSPS) is 20.5. The molecule has 2 aliphatic rings. The minimum Gasteiger partial charge on any atom is -0.479 e. The molecule has 132 valence electrons. The average Bonchev–Trinajstić information content (AvgIpc) is 2.96. The van der Waals surface area contributed by atoms with Crippen molar-refractivity contribution in [2.45, 2.75) is 32.3 Å². The number of amidine groups is 1. The molecule has 1 atom stereocenters. The quantitative estimate of drug-likeness (QED) is 0.832. The Kier molecular flexibility index (Phi) is 5.43. The van der Waals surface area contributed by atoms with Gasteiger partial charge in [-0.15, -0.1) is 0 Å². The van der Waals surface area contributed by atoms with Crippen LogP contribution in [0.4, 0.5) is 0 Å². The van der Waals surface area contributed by atoms with Crippen molar-refractivity contribution in [3.63, 3.8) is 0 Å². The number of ether oxygens (including phenoxy) is 1. The number of carbonyl (C=O) groups excluding carboxylic acids is 1. The molecule has 1 fully saturated rings. The van der Waals surface area contributed by atoms with E-state index in [1.165, 1.54) is 25.1 Å². The molecule has 1 aromatic rings. The summed E-state index contributed by atoms with van der Waals surface area (Å²) in [6.07, 6.45) is 4.33. The summed E-state index contributed by atoms with van der Waals surface area (Å²) in [5, 5.41) is 9.71. The van der Waals surface area contributed by atoms with Crippen molar-refractivity contribution in [1.29, 1.82) is 0 Å². The SMILES string of the molecule is CC(Oc1cccc(/C=C2/SC(N3CCCCC3)=NC2=O)c1)C(=O)O. The minimum absolute atomic E-state index is 0.226. The van der Waals surface area contributed by atoms with Gasteiger partial charge in [-0.2, -0.15) is 4.99 Å². The second-order valence-corrected chi connectivity index (χ2v) is 7.04. The fourth-order valence-electron chi connectivity index (χ4n) is 2.70. The third kappa shape index (κ3) is 4.42. The second kappa shape index (κ2) is 7.74. The monoisotopic (exact) mass is 360 g/mol. The zero-order valence-electron chi connectivity index (χ0n) is 14.0. The number of rotatable bonds is 4. The molecule has 0 bridgehead atoms. The first-order chi connectivity index (χ1) is 12.0. The Labute approximate surface area is 150 Å². The highest BCUT2D eigenvalue weighted by atomic mass is 32.2. The summed E-state index contributed by atoms with van der Waals surface area (Å²) in [7, 11) is 0. The van der Waals surface area contributed by atoms with E-state index in [1.807, 2.05) is 6.07 Å². The summed E-state index contributed by atoms with van der Waals surface area (Å²) in [4.78, 5) is 30.0. The van der Waals surface area contributed by atoms with Crippen molar-refractivity contribution < 1.29 is 19.4 Å². The summed E-state index contributed by atoms with van der Waals surface area (Å²) in [5.74, 6) is -0.794. The largest absolute Gasteiger partial charge is 0.479 e. The van der Waals surface area contributed by atoms with Crippen LogP contribution in [0.3, 0.4) is 0 Å². The molecule has 25 heavy (non-hydrogen) atoms. The van der Waals surface area contributed by atoms with Crippen LogP contribution >= 0.6 is 11.8 Å². The van der Waals surface area contributed by atoms with E-state index < -0.39 is 12.1 Å². The van der Waals surface area contributed by atoms with Crippen LogP contribution in [0.5, 0.6) is 5.75 Å². The number of likely N-dealkylation sites (tertiary alicyclic amines) is 1. The zero-order valence-corrected chi connectivity index (χ0v) is 14.8. The number of amides is 1. The summed E-state index contributed by atoms with van der Waals surface area (Å²) in [6, 6.07) is 7.03. The first-order valence-corrected chi connectivity index (χ1v) is 9.11. The van der Waals surface area contributed by atoms with E-state index in [0.717, 1.165) is 36.7 Å². The highest BCUT2D eigenvalue weighted by Crippen LogP contribution is 2.31. The summed E-state index contributed by atoms with van der Waals surface area (Å²) in [5.41, 5.74) is 0.779. The van der Waals surface area contributed by atoms with Crippen LogP contribution in [0.25, 0.3) is 6.08 Å². The fourth-order valence-corrected chi connectivity index (χ4v) is 3.67. The standard InChI is InChI=1S/C18H20N2O4S/c1-12(17(22)23)24-14-7-5-6-13(10-14)11-15-16(21)19-18(25-15)20-8-3-2-4-9-20/h5-7,10-12H,2-4,8-9H2,1H3,(H,22,23)/b15-11+. The van der Waals surface area contributed by atoms with Crippen molar-refractivity contribution in [1.82, 2.24) is 4.90 Å². The van der Waals surface area contributed by atoms with Gasteiger partial charge in [0.15, 0.2) is 11.3 Å². The Balaban J connectivity index is 1.71. The Morgan fingerprint density at radius 2 is 2.12 bits per heavy atom. The van der Waals surface area contributed by atoms with E-state index in [9.17, 15) is 9.59 Å². The van der Waals surface area contributed by atoms with Gasteiger partial charge in [-0.05, 0) is 61.7 Å². The molecule has 1 N–H and O–H groups in total. The highest BCUT2D eigenvalue weighted by molar-refractivity contribution is 8.18. The molecule has 7 heteroatoms. The predicted molar refractivity (Wildman–Crippen MR) is 97.6 cm³/mol. The molecule has 2 aliphatic heterocycles. The second-order valence-electron chi connectivity index (χ2n) is 6.03. The molecule has 2 heterocycles. The van der Waals surface area contributed by atoms with Crippen molar-refractivity contribution in [2.24, 2.45) is 4.99 Å². The number of carbonyl (C=O) groups is 2. The highest BCUT2D eigenvalue weighted by Gasteiger charge is 2.26. The van der Waals surface area contributed by atoms with Crippen LogP contribution in [0.1, 0.15) is 31.7 Å². The van der Waals surface area contributed by atoms with Crippen LogP contribution in [0.2, 0.25) is 0 Å². The number of carboxylic acid groups (broad SMARTS) is 1. The Hall–Kier alpha value is -2.28. The molecule has 0 spiro atoms. The molecule has 1 saturated heterocycles. The minimum atomic E-state index is -1.02. The first kappa shape index (κ1) is 17.5. The van der Waals surface area contributed by atoms with Crippen LogP contribution in [-0.2, 0) is 9.59 Å². The molecule has 1 amide bonds. The smallest absolute Gasteiger partial charge is 0.344 e. The molecule has 6 nitrogen and oxygen atoms in total. The number of nitrogens with zero attached hydrogens (tertiary/aromatic N) is 2. The lowest BCUT2D eigenvalue weighted by Crippen LogP contribution is -2.33. The third-order valence-electron chi connectivity index (χ3n) is 4.05. The average molecular weight is 360 g/mol. The molecule has 1 unspecified atom stereocenters. The van der Waals surface area contributed by atoms with Crippen molar-refractivity contribution in [3.05, 3.63) is 34.7 Å². The third-order valence-corrected chi connectivity index (χ3v) is 5.10. The van der Waals surface area contributed by atoms with Crippen LogP contribution < -0.4 is 4.74 Å². The first-order valence-electron chi connectivity index (χ1n) is 8.30. The zero-order chi connectivity index (χ0) is 17.8. The lowest BCUT2D eigenvalue weighted by molar-refractivity contribution is -0.144. The van der Waals surface area contributed by atoms with Gasteiger partial charge in [0, 0.05) is 13.1 Å². The maximum atomic E-state index is 12.2. The Morgan fingerprint density at radius 3 is 2.84 bits per heavy atom. The van der Waals surface area contributed by atoms with Gasteiger partial charge in [-0.3, -0.25) is 4.79 Å². The molecule has 0 saturated carbocycles. The van der Waals surface area contributed by atoms with Gasteiger partial charge < -0.3 is 14.7 Å². The number of thioether (sulfide) groups is 1. The number of carboxylic acids is 1. The van der Waals surface area contributed by atoms with E-state index in [-0.39, 0.29) is 5.91 Å². The maximum Gasteiger partial charge on any atom is 0.344 e. The van der Waals surface area contributed by atoms with Crippen molar-refractivity contribution >= 4 is 34.9 Å². The molecule has 0 radical (unpaired) electrons.